The van der Waals surface area contributed by atoms with Crippen molar-refractivity contribution in [2.24, 2.45) is 0 Å². The maximum atomic E-state index is 12.0. The first-order valence-electron chi connectivity index (χ1n) is 7.45. The summed E-state index contributed by atoms with van der Waals surface area (Å²) in [5, 5.41) is 0. The topological polar surface area (TPSA) is 38.8 Å². The van der Waals surface area contributed by atoms with Crippen LogP contribution in [0.5, 0.6) is 5.75 Å². The molecule has 114 valence electrons. The number of piperidine rings is 1. The molecule has 1 saturated heterocycles. The molecule has 0 unspecified atom stereocenters. The maximum absolute atomic E-state index is 12.0. The predicted octanol–water partition coefficient (Wildman–Crippen LogP) is 2.91. The van der Waals surface area contributed by atoms with Crippen LogP contribution in [0.1, 0.15) is 30.4 Å². The van der Waals surface area contributed by atoms with E-state index in [1.54, 1.807) is 0 Å². The van der Waals surface area contributed by atoms with Gasteiger partial charge in [-0.2, -0.15) is 0 Å². The van der Waals surface area contributed by atoms with Crippen LogP contribution in [0.3, 0.4) is 0 Å². The fourth-order valence-electron chi connectivity index (χ4n) is 3.27. The molecule has 4 nitrogen and oxygen atoms in total. The monoisotopic (exact) mass is 353 g/mol. The van der Waals surface area contributed by atoms with Gasteiger partial charge in [0.15, 0.2) is 0 Å². The van der Waals surface area contributed by atoms with E-state index in [-0.39, 0.29) is 12.0 Å². The zero-order valence-corrected chi connectivity index (χ0v) is 13.8. The summed E-state index contributed by atoms with van der Waals surface area (Å²) in [6, 6.07) is 4.10. The number of carbonyl (C=O) groups is 1. The van der Waals surface area contributed by atoms with Crippen molar-refractivity contribution in [2.45, 2.75) is 38.3 Å². The Morgan fingerprint density at radius 3 is 3.14 bits per heavy atom. The van der Waals surface area contributed by atoms with Crippen molar-refractivity contribution in [1.82, 2.24) is 4.90 Å². The molecular weight excluding hydrogens is 334 g/mol. The quantitative estimate of drug-likeness (QED) is 0.783. The molecule has 0 bridgehead atoms. The van der Waals surface area contributed by atoms with Crippen molar-refractivity contribution in [3.63, 3.8) is 0 Å². The first-order valence-corrected chi connectivity index (χ1v) is 8.24. The van der Waals surface area contributed by atoms with Crippen LogP contribution in [0.25, 0.3) is 0 Å². The van der Waals surface area contributed by atoms with Crippen LogP contribution in [-0.2, 0) is 22.5 Å². The molecule has 0 spiro atoms. The second kappa shape index (κ2) is 6.36. The summed E-state index contributed by atoms with van der Waals surface area (Å²) in [6.45, 7) is 2.42. The third kappa shape index (κ3) is 3.09. The lowest BCUT2D eigenvalue weighted by molar-refractivity contribution is -0.148. The number of hydrogen-bond acceptors (Lipinski definition) is 4. The Hall–Kier alpha value is -1.07. The number of hydrogen-bond donors (Lipinski definition) is 0. The summed E-state index contributed by atoms with van der Waals surface area (Å²) in [5.74, 6) is 0.884. The van der Waals surface area contributed by atoms with Gasteiger partial charge in [-0.25, -0.2) is 0 Å². The number of nitrogens with zero attached hydrogens (tertiary/aromatic N) is 1. The number of ether oxygens (including phenoxy) is 2. The molecule has 2 heterocycles. The van der Waals surface area contributed by atoms with Gasteiger partial charge in [0.25, 0.3) is 0 Å². The lowest BCUT2D eigenvalue weighted by Gasteiger charge is -2.34. The van der Waals surface area contributed by atoms with E-state index >= 15 is 0 Å². The Morgan fingerprint density at radius 1 is 1.48 bits per heavy atom. The fraction of sp³-hybridized carbons (Fsp3) is 0.562. The number of rotatable bonds is 3. The van der Waals surface area contributed by atoms with E-state index < -0.39 is 0 Å². The Kier molecular flexibility index (Phi) is 4.50. The van der Waals surface area contributed by atoms with Gasteiger partial charge >= 0.3 is 5.97 Å². The van der Waals surface area contributed by atoms with Crippen LogP contribution in [0.4, 0.5) is 0 Å². The summed E-state index contributed by atoms with van der Waals surface area (Å²) in [4.78, 5) is 14.2. The normalized spacial score (nSPS) is 21.7. The number of fused-ring (bicyclic) bond motifs is 1. The second-order valence-corrected chi connectivity index (χ2v) is 6.57. The summed E-state index contributed by atoms with van der Waals surface area (Å²) < 4.78 is 11.8. The van der Waals surface area contributed by atoms with Gasteiger partial charge in [0.2, 0.25) is 0 Å². The van der Waals surface area contributed by atoms with Crippen LogP contribution < -0.4 is 4.74 Å². The molecule has 2 aliphatic rings. The molecule has 3 rings (SSSR count). The molecule has 0 amide bonds. The standard InChI is InChI=1S/C16H20BrNO3/c1-20-16(19)14-4-2-3-6-18(14)10-12-9-13(17)8-11-5-7-21-15(11)12/h8-9,14H,2-7,10H2,1H3/t14-/m1/s1. The third-order valence-corrected chi connectivity index (χ3v) is 4.74. The maximum Gasteiger partial charge on any atom is 0.323 e. The van der Waals surface area contributed by atoms with E-state index in [0.717, 1.165) is 61.2 Å². The Balaban J connectivity index is 1.83. The number of benzene rings is 1. The minimum absolute atomic E-state index is 0.123. The van der Waals surface area contributed by atoms with Crippen LogP contribution in [-0.4, -0.2) is 37.2 Å². The molecule has 1 aromatic carbocycles. The van der Waals surface area contributed by atoms with Crippen LogP contribution in [0, 0.1) is 0 Å². The van der Waals surface area contributed by atoms with Gasteiger partial charge in [-0.3, -0.25) is 9.69 Å². The summed E-state index contributed by atoms with van der Waals surface area (Å²) in [5.41, 5.74) is 2.42. The summed E-state index contributed by atoms with van der Waals surface area (Å²) >= 11 is 3.57. The van der Waals surface area contributed by atoms with Crippen LogP contribution in [0.15, 0.2) is 16.6 Å². The molecule has 0 aromatic heterocycles. The van der Waals surface area contributed by atoms with E-state index in [1.807, 2.05) is 0 Å². The smallest absolute Gasteiger partial charge is 0.323 e. The van der Waals surface area contributed by atoms with Crippen molar-refractivity contribution in [1.29, 1.82) is 0 Å². The molecular formula is C16H20BrNO3. The van der Waals surface area contributed by atoms with Gasteiger partial charge in [0.1, 0.15) is 11.8 Å². The second-order valence-electron chi connectivity index (χ2n) is 5.66. The molecule has 0 saturated carbocycles. The van der Waals surface area contributed by atoms with E-state index in [2.05, 4.69) is 33.0 Å². The molecule has 0 N–H and O–H groups in total. The lowest BCUT2D eigenvalue weighted by atomic mass is 10.0. The third-order valence-electron chi connectivity index (χ3n) is 4.29. The number of methoxy groups -OCH3 is 1. The zero-order valence-electron chi connectivity index (χ0n) is 12.2. The predicted molar refractivity (Wildman–Crippen MR) is 83.4 cm³/mol. The first-order chi connectivity index (χ1) is 10.2. The van der Waals surface area contributed by atoms with Crippen molar-refractivity contribution in [3.8, 4) is 5.75 Å². The average Bonchev–Trinajstić information content (AvgIpc) is 2.95. The Bertz CT molecular complexity index is 547. The van der Waals surface area contributed by atoms with Crippen LogP contribution in [0.2, 0.25) is 0 Å². The number of esters is 1. The highest BCUT2D eigenvalue weighted by Crippen LogP contribution is 2.34. The SMILES string of the molecule is COC(=O)[C@H]1CCCCN1Cc1cc(Br)cc2c1OCC2. The molecule has 1 atom stereocenters. The fourth-order valence-corrected chi connectivity index (χ4v) is 3.82. The first kappa shape index (κ1) is 14.9. The van der Waals surface area contributed by atoms with Gasteiger partial charge in [-0.15, -0.1) is 0 Å². The zero-order chi connectivity index (χ0) is 14.8. The van der Waals surface area contributed by atoms with Gasteiger partial charge in [-0.1, -0.05) is 22.4 Å². The number of halogens is 1. The minimum Gasteiger partial charge on any atom is -0.493 e. The van der Waals surface area contributed by atoms with Crippen molar-refractivity contribution in [2.75, 3.05) is 20.3 Å². The lowest BCUT2D eigenvalue weighted by Crippen LogP contribution is -2.44. The summed E-state index contributed by atoms with van der Waals surface area (Å²) in [7, 11) is 1.47. The molecule has 1 aromatic rings. The Morgan fingerprint density at radius 2 is 2.33 bits per heavy atom. The molecule has 5 heteroatoms. The van der Waals surface area contributed by atoms with Crippen molar-refractivity contribution >= 4 is 21.9 Å². The highest BCUT2D eigenvalue weighted by Gasteiger charge is 2.30. The molecule has 0 aliphatic carbocycles. The average molecular weight is 354 g/mol. The highest BCUT2D eigenvalue weighted by molar-refractivity contribution is 9.10. The van der Waals surface area contributed by atoms with Gasteiger partial charge in [0.05, 0.1) is 13.7 Å². The van der Waals surface area contributed by atoms with Crippen LogP contribution >= 0.6 is 15.9 Å². The Labute approximate surface area is 133 Å². The van der Waals surface area contributed by atoms with E-state index in [9.17, 15) is 4.79 Å². The largest absolute Gasteiger partial charge is 0.493 e. The van der Waals surface area contributed by atoms with Crippen molar-refractivity contribution < 1.29 is 14.3 Å². The van der Waals surface area contributed by atoms with Crippen molar-refractivity contribution in [3.05, 3.63) is 27.7 Å². The van der Waals surface area contributed by atoms with E-state index in [1.165, 1.54) is 12.7 Å². The van der Waals surface area contributed by atoms with E-state index in [0.29, 0.717) is 0 Å². The minimum atomic E-state index is -0.125. The molecule has 2 aliphatic heterocycles. The number of carbonyl (C=O) groups excluding carboxylic acids is 1. The molecule has 21 heavy (non-hydrogen) atoms. The number of likely N-dealkylation sites (tertiary alicyclic amines) is 1. The van der Waals surface area contributed by atoms with Gasteiger partial charge in [0, 0.05) is 23.0 Å². The molecule has 1 fully saturated rings. The van der Waals surface area contributed by atoms with Gasteiger partial charge < -0.3 is 9.47 Å². The van der Waals surface area contributed by atoms with E-state index in [4.69, 9.17) is 9.47 Å². The highest BCUT2D eigenvalue weighted by atomic mass is 79.9. The summed E-state index contributed by atoms with van der Waals surface area (Å²) in [6.07, 6.45) is 4.06. The molecule has 0 radical (unpaired) electrons. The van der Waals surface area contributed by atoms with Gasteiger partial charge in [-0.05, 0) is 37.1 Å².